The van der Waals surface area contributed by atoms with Gasteiger partial charge < -0.3 is 0 Å². The maximum atomic E-state index is 11.3. The van der Waals surface area contributed by atoms with Crippen molar-refractivity contribution in [2.45, 2.75) is 13.8 Å². The van der Waals surface area contributed by atoms with Crippen LogP contribution in [0.4, 0.5) is 0 Å². The van der Waals surface area contributed by atoms with E-state index in [9.17, 15) is 16.8 Å². The van der Waals surface area contributed by atoms with Crippen LogP contribution in [-0.4, -0.2) is 40.6 Å². The van der Waals surface area contributed by atoms with E-state index in [4.69, 9.17) is 11.6 Å². The largest absolute Gasteiger partial charge is 0.228 e. The summed E-state index contributed by atoms with van der Waals surface area (Å²) in [6.45, 7) is 3.68. The molecular weight excluding hydrogens is 262 g/mol. The summed E-state index contributed by atoms with van der Waals surface area (Å²) in [5.74, 6) is 0.286. The lowest BCUT2D eigenvalue weighted by Crippen LogP contribution is -2.37. The van der Waals surface area contributed by atoms with Crippen molar-refractivity contribution < 1.29 is 16.8 Å². The van der Waals surface area contributed by atoms with Crippen LogP contribution in [0.15, 0.2) is 0 Å². The van der Waals surface area contributed by atoms with Gasteiger partial charge in [-0.15, -0.1) is 11.6 Å². The zero-order chi connectivity index (χ0) is 12.3. The second-order valence-electron chi connectivity index (χ2n) is 4.28. The molecule has 1 N–H and O–H groups in total. The van der Waals surface area contributed by atoms with Gasteiger partial charge in [-0.1, -0.05) is 13.8 Å². The van der Waals surface area contributed by atoms with Gasteiger partial charge in [-0.3, -0.25) is 0 Å². The molecule has 0 fully saturated rings. The normalized spacial score (nSPS) is 14.1. The molecule has 0 heterocycles. The molecule has 0 aliphatic rings. The van der Waals surface area contributed by atoms with E-state index in [1.165, 1.54) is 0 Å². The van der Waals surface area contributed by atoms with Crippen LogP contribution in [0.5, 0.6) is 0 Å². The summed E-state index contributed by atoms with van der Waals surface area (Å²) in [6.07, 6.45) is 0.874. The summed E-state index contributed by atoms with van der Waals surface area (Å²) >= 11 is 5.60. The van der Waals surface area contributed by atoms with Gasteiger partial charge in [0.1, 0.15) is 0 Å². The molecule has 8 heteroatoms. The van der Waals surface area contributed by atoms with E-state index < -0.39 is 30.4 Å². The first-order valence-corrected chi connectivity index (χ1v) is 8.43. The van der Waals surface area contributed by atoms with E-state index in [1.807, 2.05) is 0 Å². The second kappa shape index (κ2) is 4.99. The lowest BCUT2D eigenvalue weighted by molar-refractivity contribution is 0.414. The first-order chi connectivity index (χ1) is 6.47. The summed E-state index contributed by atoms with van der Waals surface area (Å²) in [5.41, 5.74) is -0.397. The fraction of sp³-hybridized carbons (Fsp3) is 1.00. The molecule has 0 radical (unpaired) electrons. The topological polar surface area (TPSA) is 80.3 Å². The minimum atomic E-state index is -3.78. The summed E-state index contributed by atoms with van der Waals surface area (Å²) < 4.78 is 46.4. The summed E-state index contributed by atoms with van der Waals surface area (Å²) in [6, 6.07) is 0. The van der Waals surface area contributed by atoms with Crippen molar-refractivity contribution in [1.82, 2.24) is 4.72 Å². The molecule has 0 unspecified atom stereocenters. The smallest absolute Gasteiger partial charge is 0.226 e. The van der Waals surface area contributed by atoms with Gasteiger partial charge in [0.2, 0.25) is 10.0 Å². The Morgan fingerprint density at radius 1 is 1.20 bits per heavy atom. The molecule has 0 amide bonds. The van der Waals surface area contributed by atoms with Crippen LogP contribution in [0.25, 0.3) is 0 Å². The van der Waals surface area contributed by atoms with Crippen LogP contribution >= 0.6 is 11.6 Å². The highest BCUT2D eigenvalue weighted by Gasteiger charge is 2.22. The van der Waals surface area contributed by atoms with Crippen molar-refractivity contribution in [3.8, 4) is 0 Å². The number of alkyl halides is 1. The van der Waals surface area contributed by atoms with Crippen molar-refractivity contribution in [1.29, 1.82) is 0 Å². The Balaban J connectivity index is 4.43. The van der Waals surface area contributed by atoms with Crippen LogP contribution in [0, 0.1) is 5.41 Å². The molecule has 0 aromatic carbocycles. The fourth-order valence-electron chi connectivity index (χ4n) is 0.676. The summed E-state index contributed by atoms with van der Waals surface area (Å²) in [5, 5.41) is -0.891. The zero-order valence-corrected chi connectivity index (χ0v) is 11.3. The summed E-state index contributed by atoms with van der Waals surface area (Å²) in [7, 11) is -7.32. The van der Waals surface area contributed by atoms with Crippen molar-refractivity contribution >= 4 is 31.5 Å². The minimum absolute atomic E-state index is 0.119. The lowest BCUT2D eigenvalue weighted by atomic mass is 9.97. The van der Waals surface area contributed by atoms with Crippen LogP contribution in [0.2, 0.25) is 0 Å². The molecule has 0 saturated carbocycles. The van der Waals surface area contributed by atoms with E-state index in [0.717, 1.165) is 6.26 Å². The van der Waals surface area contributed by atoms with E-state index >= 15 is 0 Å². The molecule has 0 rings (SSSR count). The third kappa shape index (κ3) is 8.01. The lowest BCUT2D eigenvalue weighted by Gasteiger charge is -2.21. The van der Waals surface area contributed by atoms with Crippen LogP contribution in [0.1, 0.15) is 13.8 Å². The highest BCUT2D eigenvalue weighted by molar-refractivity contribution is 8.06. The van der Waals surface area contributed by atoms with E-state index in [0.29, 0.717) is 0 Å². The molecule has 0 bridgehead atoms. The van der Waals surface area contributed by atoms with Gasteiger partial charge in [0, 0.05) is 18.7 Å². The molecule has 0 atom stereocenters. The Labute approximate surface area is 96.2 Å². The number of nitrogens with one attached hydrogen (secondary N) is 1. The Morgan fingerprint density at radius 3 is 2.00 bits per heavy atom. The van der Waals surface area contributed by atoms with Gasteiger partial charge in [-0.05, 0) is 5.41 Å². The van der Waals surface area contributed by atoms with Crippen molar-refractivity contribution in [2.75, 3.05) is 23.8 Å². The maximum Gasteiger partial charge on any atom is 0.226 e. The van der Waals surface area contributed by atoms with Gasteiger partial charge in [0.15, 0.2) is 14.9 Å². The molecule has 0 saturated heterocycles. The molecule has 5 nitrogen and oxygen atoms in total. The maximum absolute atomic E-state index is 11.3. The third-order valence-electron chi connectivity index (χ3n) is 1.50. The number of rotatable bonds is 6. The SMILES string of the molecule is CC(C)(CCl)CNS(=O)(=O)CS(C)(=O)=O. The van der Waals surface area contributed by atoms with Crippen molar-refractivity contribution in [3.63, 3.8) is 0 Å². The van der Waals surface area contributed by atoms with E-state index in [2.05, 4.69) is 4.72 Å². The molecular formula is C7H16ClNO4S2. The van der Waals surface area contributed by atoms with E-state index in [1.54, 1.807) is 13.8 Å². The standard InChI is InChI=1S/C7H16ClNO4S2/c1-7(2,4-8)5-9-15(12,13)6-14(3,10)11/h9H,4-6H2,1-3H3. The Morgan fingerprint density at radius 2 is 1.67 bits per heavy atom. The van der Waals surface area contributed by atoms with Gasteiger partial charge >= 0.3 is 0 Å². The predicted molar refractivity (Wildman–Crippen MR) is 61.1 cm³/mol. The second-order valence-corrected chi connectivity index (χ2v) is 8.86. The molecule has 0 aromatic heterocycles. The number of sulfone groups is 1. The van der Waals surface area contributed by atoms with Crippen molar-refractivity contribution in [3.05, 3.63) is 0 Å². The molecule has 0 aliphatic carbocycles. The van der Waals surface area contributed by atoms with Gasteiger partial charge in [-0.2, -0.15) is 0 Å². The Kier molecular flexibility index (Phi) is 5.04. The molecule has 0 spiro atoms. The Hall–Kier alpha value is 0.150. The average Bonchev–Trinajstić information content (AvgIpc) is 1.97. The zero-order valence-electron chi connectivity index (χ0n) is 8.95. The molecule has 0 aliphatic heterocycles. The molecule has 92 valence electrons. The van der Waals surface area contributed by atoms with Crippen LogP contribution in [-0.2, 0) is 19.9 Å². The summed E-state index contributed by atoms with van der Waals surface area (Å²) in [4.78, 5) is 0. The van der Waals surface area contributed by atoms with Crippen molar-refractivity contribution in [2.24, 2.45) is 5.41 Å². The number of hydrogen-bond acceptors (Lipinski definition) is 4. The van der Waals surface area contributed by atoms with Crippen LogP contribution < -0.4 is 4.72 Å². The van der Waals surface area contributed by atoms with Gasteiger partial charge in [0.25, 0.3) is 0 Å². The third-order valence-corrected chi connectivity index (χ3v) is 5.76. The number of hydrogen-bond donors (Lipinski definition) is 1. The highest BCUT2D eigenvalue weighted by Crippen LogP contribution is 2.15. The van der Waals surface area contributed by atoms with E-state index in [-0.39, 0.29) is 12.4 Å². The number of sulfonamides is 1. The predicted octanol–water partition coefficient (Wildman–Crippen LogP) is 0.173. The first-order valence-electron chi connectivity index (χ1n) is 4.18. The fourth-order valence-corrected chi connectivity index (χ4v) is 3.97. The van der Waals surface area contributed by atoms with Gasteiger partial charge in [0.05, 0.1) is 0 Å². The first kappa shape index (κ1) is 15.2. The average molecular weight is 278 g/mol. The molecule has 15 heavy (non-hydrogen) atoms. The Bertz CT molecular complexity index is 399. The molecule has 0 aromatic rings. The number of halogens is 1. The minimum Gasteiger partial charge on any atom is -0.228 e. The quantitative estimate of drug-likeness (QED) is 0.702. The van der Waals surface area contributed by atoms with Gasteiger partial charge in [-0.25, -0.2) is 21.6 Å². The van der Waals surface area contributed by atoms with Crippen LogP contribution in [0.3, 0.4) is 0 Å². The highest BCUT2D eigenvalue weighted by atomic mass is 35.5. The monoisotopic (exact) mass is 277 g/mol.